The number of rotatable bonds is 4. The van der Waals surface area contributed by atoms with E-state index in [1.165, 1.54) is 11.3 Å². The molecule has 0 aromatic carbocycles. The first kappa shape index (κ1) is 17.4. The molecule has 126 valence electrons. The number of aromatic carboxylic acids is 1. The van der Waals surface area contributed by atoms with Crippen LogP contribution in [0.4, 0.5) is 0 Å². The average Bonchev–Trinajstić information content (AvgIpc) is 2.93. The Bertz CT molecular complexity index is 727. The molecule has 0 radical (unpaired) electrons. The molecule has 2 aromatic rings. The predicted octanol–water partition coefficient (Wildman–Crippen LogP) is 3.88. The third-order valence-electron chi connectivity index (χ3n) is 4.60. The van der Waals surface area contributed by atoms with Gasteiger partial charge in [0.1, 0.15) is 5.69 Å². The molecule has 0 amide bonds. The van der Waals surface area contributed by atoms with Gasteiger partial charge in [-0.05, 0) is 40.5 Å². The summed E-state index contributed by atoms with van der Waals surface area (Å²) >= 11 is 0. The summed E-state index contributed by atoms with van der Waals surface area (Å²) in [5.41, 5.74) is 3.97. The quantitative estimate of drug-likeness (QED) is 0.930. The van der Waals surface area contributed by atoms with Gasteiger partial charge in [-0.15, -0.1) is 0 Å². The number of carboxylic acids is 1. The molecule has 1 N–H and O–H groups in total. The van der Waals surface area contributed by atoms with E-state index in [4.69, 9.17) is 0 Å². The van der Waals surface area contributed by atoms with Crippen molar-refractivity contribution in [3.63, 3.8) is 0 Å². The van der Waals surface area contributed by atoms with Gasteiger partial charge in [-0.3, -0.25) is 0 Å². The Hall–Kier alpha value is -1.97. The van der Waals surface area contributed by atoms with Gasteiger partial charge in [0.2, 0.25) is 0 Å². The van der Waals surface area contributed by atoms with Gasteiger partial charge in [-0.1, -0.05) is 34.6 Å². The van der Waals surface area contributed by atoms with Gasteiger partial charge in [-0.2, -0.15) is 0 Å². The summed E-state index contributed by atoms with van der Waals surface area (Å²) in [4.78, 5) is 11.3. The fourth-order valence-corrected chi connectivity index (χ4v) is 2.90. The minimum absolute atomic E-state index is 0.128. The SMILES string of the molecule is Cn1cc(C(C)(C)C)cc1CC(C)(C)c1cc(C(=O)O)n(C)c1. The monoisotopic (exact) mass is 316 g/mol. The van der Waals surface area contributed by atoms with Crippen LogP contribution in [0.25, 0.3) is 0 Å². The molecule has 2 heterocycles. The van der Waals surface area contributed by atoms with Crippen molar-refractivity contribution in [3.05, 3.63) is 47.0 Å². The van der Waals surface area contributed by atoms with E-state index in [9.17, 15) is 9.90 Å². The first-order valence-electron chi connectivity index (χ1n) is 7.97. The van der Waals surface area contributed by atoms with E-state index >= 15 is 0 Å². The topological polar surface area (TPSA) is 47.2 Å². The van der Waals surface area contributed by atoms with Crippen LogP contribution in [0.5, 0.6) is 0 Å². The normalized spacial score (nSPS) is 12.7. The molecule has 0 atom stereocenters. The highest BCUT2D eigenvalue weighted by molar-refractivity contribution is 5.86. The molecule has 0 aliphatic heterocycles. The molecule has 0 unspecified atom stereocenters. The predicted molar refractivity (Wildman–Crippen MR) is 93.2 cm³/mol. The molecule has 4 nitrogen and oxygen atoms in total. The fraction of sp³-hybridized carbons (Fsp3) is 0.526. The lowest BCUT2D eigenvalue weighted by Gasteiger charge is -2.24. The Morgan fingerprint density at radius 1 is 1.00 bits per heavy atom. The van der Waals surface area contributed by atoms with Crippen LogP contribution in [0, 0.1) is 0 Å². The van der Waals surface area contributed by atoms with Gasteiger partial charge in [0, 0.05) is 32.2 Å². The summed E-state index contributed by atoms with van der Waals surface area (Å²) in [6.45, 7) is 11.0. The minimum atomic E-state index is -0.886. The van der Waals surface area contributed by atoms with Crippen molar-refractivity contribution in [2.24, 2.45) is 14.1 Å². The Balaban J connectivity index is 2.33. The number of hydrogen-bond donors (Lipinski definition) is 1. The Kier molecular flexibility index (Phi) is 4.22. The second kappa shape index (κ2) is 5.59. The van der Waals surface area contributed by atoms with E-state index in [1.807, 2.05) is 6.20 Å². The molecule has 2 rings (SSSR count). The maximum atomic E-state index is 11.3. The molecule has 0 fully saturated rings. The van der Waals surface area contributed by atoms with Gasteiger partial charge in [0.25, 0.3) is 0 Å². The van der Waals surface area contributed by atoms with Crippen molar-refractivity contribution in [2.45, 2.75) is 51.9 Å². The zero-order valence-corrected chi connectivity index (χ0v) is 15.3. The third-order valence-corrected chi connectivity index (χ3v) is 4.60. The van der Waals surface area contributed by atoms with Crippen LogP contribution in [-0.2, 0) is 31.3 Å². The molecular formula is C19H28N2O2. The van der Waals surface area contributed by atoms with Crippen molar-refractivity contribution in [1.29, 1.82) is 0 Å². The smallest absolute Gasteiger partial charge is 0.352 e. The summed E-state index contributed by atoms with van der Waals surface area (Å²) in [5.74, 6) is -0.886. The van der Waals surface area contributed by atoms with Gasteiger partial charge in [-0.25, -0.2) is 4.79 Å². The number of nitrogens with zero attached hydrogens (tertiary/aromatic N) is 2. The summed E-state index contributed by atoms with van der Waals surface area (Å²) in [6, 6.07) is 4.05. The van der Waals surface area contributed by atoms with E-state index in [1.54, 1.807) is 17.7 Å². The summed E-state index contributed by atoms with van der Waals surface area (Å²) < 4.78 is 3.87. The van der Waals surface area contributed by atoms with E-state index in [0.29, 0.717) is 5.69 Å². The molecule has 0 aliphatic rings. The number of aryl methyl sites for hydroxylation is 2. The van der Waals surface area contributed by atoms with Crippen LogP contribution in [0.2, 0.25) is 0 Å². The Morgan fingerprint density at radius 3 is 2.00 bits per heavy atom. The molecule has 0 bridgehead atoms. The fourth-order valence-electron chi connectivity index (χ4n) is 2.90. The van der Waals surface area contributed by atoms with Crippen molar-refractivity contribution in [2.75, 3.05) is 0 Å². The highest BCUT2D eigenvalue weighted by atomic mass is 16.4. The van der Waals surface area contributed by atoms with Crippen LogP contribution in [0.1, 0.15) is 61.9 Å². The third kappa shape index (κ3) is 3.52. The van der Waals surface area contributed by atoms with Crippen LogP contribution >= 0.6 is 0 Å². The second-order valence-corrected chi connectivity index (χ2v) is 8.17. The van der Waals surface area contributed by atoms with E-state index in [2.05, 4.69) is 58.5 Å². The minimum Gasteiger partial charge on any atom is -0.477 e. The largest absolute Gasteiger partial charge is 0.477 e. The lowest BCUT2D eigenvalue weighted by Crippen LogP contribution is -2.21. The van der Waals surface area contributed by atoms with Gasteiger partial charge < -0.3 is 14.2 Å². The first-order chi connectivity index (χ1) is 10.4. The molecule has 4 heteroatoms. The number of carbonyl (C=O) groups is 1. The summed E-state index contributed by atoms with van der Waals surface area (Å²) in [7, 11) is 3.86. The average molecular weight is 316 g/mol. The zero-order valence-electron chi connectivity index (χ0n) is 15.3. The molecule has 23 heavy (non-hydrogen) atoms. The first-order valence-corrected chi connectivity index (χ1v) is 7.97. The van der Waals surface area contributed by atoms with Crippen molar-refractivity contribution in [3.8, 4) is 0 Å². The molecule has 0 saturated carbocycles. The van der Waals surface area contributed by atoms with Gasteiger partial charge in [0.05, 0.1) is 0 Å². The van der Waals surface area contributed by atoms with Crippen LogP contribution in [0.3, 0.4) is 0 Å². The number of carboxylic acid groups (broad SMARTS) is 1. The molecular weight excluding hydrogens is 288 g/mol. The van der Waals surface area contributed by atoms with Gasteiger partial charge >= 0.3 is 5.97 Å². The van der Waals surface area contributed by atoms with E-state index < -0.39 is 5.97 Å². The lowest BCUT2D eigenvalue weighted by molar-refractivity contribution is 0.0686. The standard InChI is InChI=1S/C19H28N2O2/c1-18(2,3)13-8-15(20(6)11-13)10-19(4,5)14-9-16(17(22)23)21(7)12-14/h8-9,11-12H,10H2,1-7H3,(H,22,23). The Morgan fingerprint density at radius 2 is 1.57 bits per heavy atom. The Labute approximate surface area is 138 Å². The molecule has 0 aliphatic carbocycles. The molecule has 2 aromatic heterocycles. The maximum Gasteiger partial charge on any atom is 0.352 e. The van der Waals surface area contributed by atoms with E-state index in [0.717, 1.165) is 12.0 Å². The maximum absolute atomic E-state index is 11.3. The van der Waals surface area contributed by atoms with Crippen LogP contribution in [-0.4, -0.2) is 20.2 Å². The summed E-state index contributed by atoms with van der Waals surface area (Å²) in [6.07, 6.45) is 4.98. The van der Waals surface area contributed by atoms with Crippen LogP contribution in [0.15, 0.2) is 24.5 Å². The molecule has 0 spiro atoms. The van der Waals surface area contributed by atoms with Gasteiger partial charge in [0.15, 0.2) is 0 Å². The highest BCUT2D eigenvalue weighted by Crippen LogP contribution is 2.31. The number of hydrogen-bond acceptors (Lipinski definition) is 1. The summed E-state index contributed by atoms with van der Waals surface area (Å²) in [5, 5.41) is 9.25. The molecule has 0 saturated heterocycles. The zero-order chi connectivity index (χ0) is 17.6. The highest BCUT2D eigenvalue weighted by Gasteiger charge is 2.27. The number of aromatic nitrogens is 2. The lowest BCUT2D eigenvalue weighted by atomic mass is 9.81. The second-order valence-electron chi connectivity index (χ2n) is 8.17. The van der Waals surface area contributed by atoms with Crippen molar-refractivity contribution in [1.82, 2.24) is 9.13 Å². The van der Waals surface area contributed by atoms with Crippen molar-refractivity contribution >= 4 is 5.97 Å². The van der Waals surface area contributed by atoms with Crippen molar-refractivity contribution < 1.29 is 9.90 Å². The van der Waals surface area contributed by atoms with Crippen LogP contribution < -0.4 is 0 Å². The van der Waals surface area contributed by atoms with E-state index in [-0.39, 0.29) is 10.8 Å².